The van der Waals surface area contributed by atoms with Crippen molar-refractivity contribution in [3.63, 3.8) is 0 Å². The maximum Gasteiger partial charge on any atom is 0.219 e. The summed E-state index contributed by atoms with van der Waals surface area (Å²) in [5.41, 5.74) is 3.31. The van der Waals surface area contributed by atoms with Crippen LogP contribution in [0, 0.1) is 12.7 Å². The second-order valence-corrected chi connectivity index (χ2v) is 1.73. The third-order valence-electron chi connectivity index (χ3n) is 1.04. The summed E-state index contributed by atoms with van der Waals surface area (Å²) in [6.07, 6.45) is -0.792. The molecule has 0 unspecified atom stereocenters. The van der Waals surface area contributed by atoms with E-state index in [1.165, 1.54) is 0 Å². The Morgan fingerprint density at radius 2 is 2.73 bits per heavy atom. The molecule has 3 nitrogen and oxygen atoms in total. The largest absolute Gasteiger partial charge is 0.481 e. The highest BCUT2D eigenvalue weighted by atomic mass is 19.1. The van der Waals surface area contributed by atoms with E-state index in [0.29, 0.717) is 0 Å². The van der Waals surface area contributed by atoms with Gasteiger partial charge in [-0.15, -0.1) is 0 Å². The van der Waals surface area contributed by atoms with Crippen molar-refractivity contribution in [3.05, 3.63) is 17.6 Å². The molecule has 0 atom stereocenters. The van der Waals surface area contributed by atoms with Gasteiger partial charge in [0.25, 0.3) is 0 Å². The van der Waals surface area contributed by atoms with Gasteiger partial charge in [-0.25, -0.2) is 9.37 Å². The van der Waals surface area contributed by atoms with Crippen LogP contribution in [-0.2, 0) is 0 Å². The average Bonchev–Trinajstić information content (AvgIpc) is 2.09. The highest BCUT2D eigenvalue weighted by molar-refractivity contribution is 5.43. The maximum atomic E-state index is 13.7. The minimum absolute atomic E-state index is 0.779. The molecule has 0 radical (unpaired) electrons. The molecule has 1 heterocycles. The highest BCUT2D eigenvalue weighted by Gasteiger charge is 2.08. The summed E-state index contributed by atoms with van der Waals surface area (Å²) in [5, 5.41) is 0. The van der Waals surface area contributed by atoms with Gasteiger partial charge in [-0.05, 0) is 6.85 Å². The van der Waals surface area contributed by atoms with Crippen molar-refractivity contribution in [3.8, 4) is 5.88 Å². The fraction of sp³-hybridized carbons (Fsp3) is 0.286. The first-order valence-electron chi connectivity index (χ1n) is 6.08. The number of hydrogen-bond donors (Lipinski definition) is 1. The number of hydrogen-bond acceptors (Lipinski definition) is 3. The number of pyridine rings is 1. The molecule has 0 amide bonds. The summed E-state index contributed by atoms with van der Waals surface area (Å²) in [7, 11) is -3.01. The van der Waals surface area contributed by atoms with E-state index in [0.717, 1.165) is 0 Å². The summed E-state index contributed by atoms with van der Waals surface area (Å²) in [5.74, 6) is -2.40. The zero-order valence-corrected chi connectivity index (χ0v) is 5.31. The number of ether oxygens (including phenoxy) is 1. The Labute approximate surface area is 73.8 Å². The second kappa shape index (κ2) is 2.74. The van der Waals surface area contributed by atoms with Crippen molar-refractivity contribution in [2.75, 3.05) is 12.8 Å². The van der Waals surface area contributed by atoms with Crippen molar-refractivity contribution < 1.29 is 18.7 Å². The Bertz CT molecular complexity index is 470. The van der Waals surface area contributed by atoms with Crippen LogP contribution in [0.15, 0.2) is 6.17 Å². The molecule has 0 bridgehead atoms. The molecule has 0 spiro atoms. The van der Waals surface area contributed by atoms with Crippen LogP contribution in [0.2, 0.25) is 0 Å². The molecule has 0 aliphatic heterocycles. The van der Waals surface area contributed by atoms with Crippen molar-refractivity contribution >= 4 is 5.69 Å². The number of nitrogen functional groups attached to an aromatic ring is 1. The minimum Gasteiger partial charge on any atom is -0.481 e. The standard InChI is InChI=1S/C7H9FN2O/c1-4-6(8)5(9)3-10-7(4)11-2/h3H,9H2,1-2H3/i1D3,2D3,3D. The molecule has 1 aromatic heterocycles. The SMILES string of the molecule is [2H]c1nc(OC([2H])([2H])[2H])c(C([2H])([2H])[2H])c(F)c1N. The summed E-state index contributed by atoms with van der Waals surface area (Å²) in [6, 6.07) is 0. The van der Waals surface area contributed by atoms with Gasteiger partial charge in [-0.1, -0.05) is 0 Å². The third-order valence-corrected chi connectivity index (χ3v) is 1.04. The van der Waals surface area contributed by atoms with Gasteiger partial charge >= 0.3 is 0 Å². The lowest BCUT2D eigenvalue weighted by atomic mass is 10.2. The second-order valence-electron chi connectivity index (χ2n) is 1.73. The van der Waals surface area contributed by atoms with Crippen LogP contribution in [0.4, 0.5) is 10.1 Å². The highest BCUT2D eigenvalue weighted by Crippen LogP contribution is 2.20. The number of halogens is 1. The zero-order valence-electron chi connectivity index (χ0n) is 12.3. The first-order valence-corrected chi connectivity index (χ1v) is 2.58. The van der Waals surface area contributed by atoms with Gasteiger partial charge in [0.15, 0.2) is 5.82 Å². The zero-order chi connectivity index (χ0) is 14.3. The number of nitrogens with two attached hydrogens (primary N) is 1. The molecule has 0 aromatic carbocycles. The van der Waals surface area contributed by atoms with Gasteiger partial charge in [-0.3, -0.25) is 0 Å². The fourth-order valence-corrected chi connectivity index (χ4v) is 0.518. The van der Waals surface area contributed by atoms with Gasteiger partial charge in [-0.2, -0.15) is 0 Å². The normalized spacial score (nSPS) is 21.4. The first kappa shape index (κ1) is 2.62. The molecule has 2 N–H and O–H groups in total. The topological polar surface area (TPSA) is 48.1 Å². The molecule has 0 saturated heterocycles. The molecule has 0 saturated carbocycles. The first-order chi connectivity index (χ1) is 7.93. The Morgan fingerprint density at radius 1 is 1.91 bits per heavy atom. The van der Waals surface area contributed by atoms with Gasteiger partial charge in [0.05, 0.1) is 24.4 Å². The van der Waals surface area contributed by atoms with Crippen LogP contribution < -0.4 is 10.5 Å². The van der Waals surface area contributed by atoms with E-state index in [-0.39, 0.29) is 0 Å². The van der Waals surface area contributed by atoms with Crippen LogP contribution >= 0.6 is 0 Å². The monoisotopic (exact) mass is 163 g/mol. The lowest BCUT2D eigenvalue weighted by Gasteiger charge is -2.04. The van der Waals surface area contributed by atoms with Crippen molar-refractivity contribution in [1.82, 2.24) is 4.98 Å². The molecule has 0 fully saturated rings. The van der Waals surface area contributed by atoms with E-state index >= 15 is 0 Å². The van der Waals surface area contributed by atoms with E-state index in [2.05, 4.69) is 9.72 Å². The summed E-state index contributed by atoms with van der Waals surface area (Å²) >= 11 is 0. The van der Waals surface area contributed by atoms with E-state index < -0.39 is 43.0 Å². The number of methoxy groups -OCH3 is 1. The molecular weight excluding hydrogens is 147 g/mol. The number of aromatic nitrogens is 1. The molecule has 11 heavy (non-hydrogen) atoms. The smallest absolute Gasteiger partial charge is 0.219 e. The number of anilines is 1. The van der Waals surface area contributed by atoms with E-state index in [1.807, 2.05) is 0 Å². The van der Waals surface area contributed by atoms with Crippen LogP contribution in [0.3, 0.4) is 0 Å². The Morgan fingerprint density at radius 3 is 3.36 bits per heavy atom. The van der Waals surface area contributed by atoms with Crippen molar-refractivity contribution in [1.29, 1.82) is 0 Å². The number of nitrogens with zero attached hydrogens (tertiary/aromatic N) is 1. The lowest BCUT2D eigenvalue weighted by molar-refractivity contribution is 0.390. The van der Waals surface area contributed by atoms with Crippen LogP contribution in [-0.4, -0.2) is 12.0 Å². The number of rotatable bonds is 1. The van der Waals surface area contributed by atoms with Crippen LogP contribution in [0.25, 0.3) is 0 Å². The molecule has 0 aliphatic carbocycles. The van der Waals surface area contributed by atoms with Crippen molar-refractivity contribution in [2.45, 2.75) is 6.85 Å². The maximum absolute atomic E-state index is 13.7. The Hall–Kier alpha value is -1.32. The van der Waals surface area contributed by atoms with Gasteiger partial charge in [0.2, 0.25) is 5.88 Å². The lowest BCUT2D eigenvalue weighted by Crippen LogP contribution is -1.99. The molecule has 1 aromatic rings. The van der Waals surface area contributed by atoms with Crippen LogP contribution in [0.1, 0.15) is 15.2 Å². The summed E-state index contributed by atoms with van der Waals surface area (Å²) < 4.78 is 67.0. The van der Waals surface area contributed by atoms with Crippen LogP contribution in [0.5, 0.6) is 5.88 Å². The fourth-order valence-electron chi connectivity index (χ4n) is 0.518. The molecule has 4 heteroatoms. The molecular formula is C7H9FN2O. The molecule has 60 valence electrons. The minimum atomic E-state index is -3.01. The summed E-state index contributed by atoms with van der Waals surface area (Å²) in [6.45, 7) is -3.00. The predicted molar refractivity (Wildman–Crippen MR) is 39.9 cm³/mol. The third kappa shape index (κ3) is 1.24. The van der Waals surface area contributed by atoms with E-state index in [9.17, 15) is 4.39 Å². The summed E-state index contributed by atoms with van der Waals surface area (Å²) in [4.78, 5) is 3.24. The quantitative estimate of drug-likeness (QED) is 0.674. The predicted octanol–water partition coefficient (Wildman–Crippen LogP) is 1.12. The average molecular weight is 163 g/mol. The Balaban J connectivity index is 3.50. The van der Waals surface area contributed by atoms with Gasteiger partial charge in [0, 0.05) is 9.68 Å². The van der Waals surface area contributed by atoms with Crippen molar-refractivity contribution in [2.24, 2.45) is 0 Å². The molecule has 0 aliphatic rings. The molecule has 1 rings (SSSR count). The van der Waals surface area contributed by atoms with Gasteiger partial charge < -0.3 is 10.5 Å². The van der Waals surface area contributed by atoms with E-state index in [1.54, 1.807) is 0 Å². The van der Waals surface area contributed by atoms with E-state index in [4.69, 9.17) is 15.3 Å². The Kier molecular flexibility index (Phi) is 0.652. The van der Waals surface area contributed by atoms with Gasteiger partial charge in [0.1, 0.15) is 0 Å².